The normalized spacial score (nSPS) is 11.0. The SMILES string of the molecule is Cc1ccccc1CC(C)(C)C(=O)ONc1ccccc1O. The van der Waals surface area contributed by atoms with E-state index in [1.165, 1.54) is 6.07 Å². The van der Waals surface area contributed by atoms with Gasteiger partial charge in [-0.2, -0.15) is 0 Å². The highest BCUT2D eigenvalue weighted by Gasteiger charge is 2.31. The first-order valence-corrected chi connectivity index (χ1v) is 7.20. The van der Waals surface area contributed by atoms with Crippen molar-refractivity contribution in [2.45, 2.75) is 27.2 Å². The number of hydrogen-bond acceptors (Lipinski definition) is 4. The van der Waals surface area contributed by atoms with Crippen LogP contribution in [0.3, 0.4) is 0 Å². The van der Waals surface area contributed by atoms with E-state index in [9.17, 15) is 9.90 Å². The standard InChI is InChI=1S/C18H21NO3/c1-13-8-4-5-9-14(13)12-18(2,3)17(21)22-19-15-10-6-7-11-16(15)20/h4-11,19-20H,12H2,1-3H3. The number of benzene rings is 2. The predicted molar refractivity (Wildman–Crippen MR) is 86.5 cm³/mol. The minimum absolute atomic E-state index is 0.0343. The van der Waals surface area contributed by atoms with E-state index in [4.69, 9.17) is 4.84 Å². The molecule has 2 aromatic rings. The van der Waals surface area contributed by atoms with Crippen LogP contribution in [0.1, 0.15) is 25.0 Å². The van der Waals surface area contributed by atoms with Crippen LogP contribution in [0.25, 0.3) is 0 Å². The van der Waals surface area contributed by atoms with Gasteiger partial charge in [-0.15, -0.1) is 0 Å². The number of aryl methyl sites for hydroxylation is 1. The van der Waals surface area contributed by atoms with E-state index < -0.39 is 5.41 Å². The molecule has 0 unspecified atom stereocenters. The van der Waals surface area contributed by atoms with Crippen molar-refractivity contribution in [1.82, 2.24) is 0 Å². The van der Waals surface area contributed by atoms with Crippen molar-refractivity contribution in [3.05, 3.63) is 59.7 Å². The van der Waals surface area contributed by atoms with E-state index in [0.717, 1.165) is 11.1 Å². The van der Waals surface area contributed by atoms with Crippen molar-refractivity contribution >= 4 is 11.7 Å². The van der Waals surface area contributed by atoms with Gasteiger partial charge in [0.15, 0.2) is 0 Å². The summed E-state index contributed by atoms with van der Waals surface area (Å²) in [5, 5.41) is 9.64. The Hall–Kier alpha value is -2.49. The van der Waals surface area contributed by atoms with E-state index in [-0.39, 0.29) is 11.7 Å². The number of carbonyl (C=O) groups is 1. The first-order chi connectivity index (χ1) is 10.4. The zero-order chi connectivity index (χ0) is 16.2. The van der Waals surface area contributed by atoms with Crippen molar-refractivity contribution in [2.24, 2.45) is 5.41 Å². The number of phenolic OH excluding ortho intramolecular Hbond substituents is 1. The molecule has 22 heavy (non-hydrogen) atoms. The summed E-state index contributed by atoms with van der Waals surface area (Å²) in [6.45, 7) is 5.71. The molecule has 0 fully saturated rings. The largest absolute Gasteiger partial charge is 0.506 e. The van der Waals surface area contributed by atoms with Crippen molar-refractivity contribution in [2.75, 3.05) is 5.48 Å². The number of nitrogens with one attached hydrogen (secondary N) is 1. The van der Waals surface area contributed by atoms with E-state index in [2.05, 4.69) is 5.48 Å². The Labute approximate surface area is 130 Å². The molecule has 0 aliphatic rings. The van der Waals surface area contributed by atoms with Crippen molar-refractivity contribution < 1.29 is 14.7 Å². The van der Waals surface area contributed by atoms with E-state index in [1.807, 2.05) is 45.0 Å². The molecule has 0 saturated carbocycles. The Kier molecular flexibility index (Phi) is 4.71. The molecule has 0 aliphatic carbocycles. The van der Waals surface area contributed by atoms with Crippen molar-refractivity contribution in [1.29, 1.82) is 0 Å². The molecular weight excluding hydrogens is 278 g/mol. The molecule has 4 heteroatoms. The van der Waals surface area contributed by atoms with Crippen LogP contribution in [0.5, 0.6) is 5.75 Å². The second-order valence-electron chi connectivity index (χ2n) is 6.00. The average molecular weight is 299 g/mol. The summed E-state index contributed by atoms with van der Waals surface area (Å²) < 4.78 is 0. The predicted octanol–water partition coefficient (Wildman–Crippen LogP) is 3.84. The van der Waals surface area contributed by atoms with Gasteiger partial charge in [0.2, 0.25) is 0 Å². The maximum atomic E-state index is 12.3. The number of aromatic hydroxyl groups is 1. The fourth-order valence-corrected chi connectivity index (χ4v) is 2.16. The third-order valence-corrected chi connectivity index (χ3v) is 3.60. The smallest absolute Gasteiger partial charge is 0.337 e. The van der Waals surface area contributed by atoms with Gasteiger partial charge >= 0.3 is 5.97 Å². The van der Waals surface area contributed by atoms with E-state index in [0.29, 0.717) is 12.1 Å². The Bertz CT molecular complexity index is 665. The summed E-state index contributed by atoms with van der Waals surface area (Å²) >= 11 is 0. The molecule has 0 amide bonds. The number of para-hydroxylation sites is 2. The summed E-state index contributed by atoms with van der Waals surface area (Å²) in [6, 6.07) is 14.6. The maximum Gasteiger partial charge on any atom is 0.337 e. The summed E-state index contributed by atoms with van der Waals surface area (Å²) in [6.07, 6.45) is 0.584. The zero-order valence-electron chi connectivity index (χ0n) is 13.1. The van der Waals surface area contributed by atoms with E-state index in [1.54, 1.807) is 18.2 Å². The lowest BCUT2D eigenvalue weighted by Gasteiger charge is -2.23. The van der Waals surface area contributed by atoms with Gasteiger partial charge in [-0.3, -0.25) is 0 Å². The third-order valence-electron chi connectivity index (χ3n) is 3.60. The molecule has 0 radical (unpaired) electrons. The summed E-state index contributed by atoms with van der Waals surface area (Å²) in [5.41, 5.74) is 4.47. The first-order valence-electron chi connectivity index (χ1n) is 7.20. The second kappa shape index (κ2) is 6.52. The Morgan fingerprint density at radius 3 is 2.45 bits per heavy atom. The Morgan fingerprint density at radius 1 is 1.14 bits per heavy atom. The number of anilines is 1. The highest BCUT2D eigenvalue weighted by molar-refractivity contribution is 5.77. The molecule has 2 N–H and O–H groups in total. The number of carbonyl (C=O) groups excluding carboxylic acids is 1. The molecule has 0 aliphatic heterocycles. The Balaban J connectivity index is 2.02. The summed E-state index contributed by atoms with van der Waals surface area (Å²) in [7, 11) is 0. The van der Waals surface area contributed by atoms with Crippen LogP contribution in [0, 0.1) is 12.3 Å². The molecular formula is C18H21NO3. The minimum atomic E-state index is -0.677. The van der Waals surface area contributed by atoms with Gasteiger partial charge in [0, 0.05) is 0 Å². The van der Waals surface area contributed by atoms with Crippen molar-refractivity contribution in [3.8, 4) is 5.75 Å². The molecule has 0 aromatic heterocycles. The molecule has 0 heterocycles. The van der Waals surface area contributed by atoms with Gasteiger partial charge in [-0.1, -0.05) is 36.4 Å². The monoisotopic (exact) mass is 299 g/mol. The molecule has 0 saturated heterocycles. The van der Waals surface area contributed by atoms with Crippen LogP contribution in [0.2, 0.25) is 0 Å². The fraction of sp³-hybridized carbons (Fsp3) is 0.278. The first kappa shape index (κ1) is 15.9. The summed E-state index contributed by atoms with van der Waals surface area (Å²) in [4.78, 5) is 17.4. The maximum absolute atomic E-state index is 12.3. The Morgan fingerprint density at radius 2 is 1.77 bits per heavy atom. The molecule has 2 aromatic carbocycles. The molecule has 0 bridgehead atoms. The molecule has 0 atom stereocenters. The minimum Gasteiger partial charge on any atom is -0.506 e. The summed E-state index contributed by atoms with van der Waals surface area (Å²) in [5.74, 6) is -0.342. The van der Waals surface area contributed by atoms with Crippen LogP contribution in [0.15, 0.2) is 48.5 Å². The molecule has 0 spiro atoms. The lowest BCUT2D eigenvalue weighted by molar-refractivity contribution is -0.150. The van der Waals surface area contributed by atoms with Gasteiger partial charge in [0.1, 0.15) is 11.4 Å². The number of hydrogen-bond donors (Lipinski definition) is 2. The molecule has 2 rings (SSSR count). The van der Waals surface area contributed by atoms with Gasteiger partial charge in [0.25, 0.3) is 0 Å². The highest BCUT2D eigenvalue weighted by atomic mass is 16.7. The van der Waals surface area contributed by atoms with Gasteiger partial charge < -0.3 is 9.94 Å². The molecule has 4 nitrogen and oxygen atoms in total. The molecule has 116 valence electrons. The quantitative estimate of drug-likeness (QED) is 0.650. The van der Waals surface area contributed by atoms with Gasteiger partial charge in [0.05, 0.1) is 5.41 Å². The lowest BCUT2D eigenvalue weighted by Crippen LogP contribution is -2.30. The average Bonchev–Trinajstić information content (AvgIpc) is 2.48. The van der Waals surface area contributed by atoms with Crippen molar-refractivity contribution in [3.63, 3.8) is 0 Å². The van der Waals surface area contributed by atoms with E-state index >= 15 is 0 Å². The van der Waals surface area contributed by atoms with Gasteiger partial charge in [-0.25, -0.2) is 10.3 Å². The topological polar surface area (TPSA) is 58.6 Å². The van der Waals surface area contributed by atoms with Gasteiger partial charge in [-0.05, 0) is 50.5 Å². The van der Waals surface area contributed by atoms with Crippen LogP contribution >= 0.6 is 0 Å². The third kappa shape index (κ3) is 3.79. The zero-order valence-corrected chi connectivity index (χ0v) is 13.1. The second-order valence-corrected chi connectivity index (χ2v) is 6.00. The van der Waals surface area contributed by atoms with Crippen LogP contribution < -0.4 is 5.48 Å². The highest BCUT2D eigenvalue weighted by Crippen LogP contribution is 2.27. The number of rotatable bonds is 5. The van der Waals surface area contributed by atoms with Crippen LogP contribution in [-0.2, 0) is 16.1 Å². The van der Waals surface area contributed by atoms with Crippen LogP contribution in [-0.4, -0.2) is 11.1 Å². The van der Waals surface area contributed by atoms with Crippen LogP contribution in [0.4, 0.5) is 5.69 Å². The number of phenols is 1. The lowest BCUT2D eigenvalue weighted by atomic mass is 9.84. The fourth-order valence-electron chi connectivity index (χ4n) is 2.16.